The van der Waals surface area contributed by atoms with Crippen molar-refractivity contribution in [3.8, 4) is 0 Å². The molecule has 4 fully saturated rings. The van der Waals surface area contributed by atoms with Crippen molar-refractivity contribution in [1.29, 1.82) is 0 Å². The van der Waals surface area contributed by atoms with Gasteiger partial charge in [-0.1, -0.05) is 30.3 Å². The lowest BCUT2D eigenvalue weighted by atomic mass is 9.49. The van der Waals surface area contributed by atoms with Crippen LogP contribution in [0.15, 0.2) is 30.3 Å². The standard InChI is InChI=1S/C14H17F5O5S.C10H16N/c15-13(16,17)10(14(18,19)25(21,22)23)24-11(20)12-4-7-1-8(5-12)3-9(2-7)6-12;1-11(2,3)9-10-7-5-4-6-8-10/h7-10H,1-6H2,(H,21,22,23);4-8H,9H2,1-3H3/q;+1/p-1. The van der Waals surface area contributed by atoms with E-state index in [9.17, 15) is 39.7 Å². The molecule has 4 aliphatic rings. The van der Waals surface area contributed by atoms with Crippen LogP contribution < -0.4 is 0 Å². The van der Waals surface area contributed by atoms with Crippen LogP contribution in [0.1, 0.15) is 44.1 Å². The molecule has 4 bridgehead atoms. The normalized spacial score (nSPS) is 28.8. The first-order chi connectivity index (χ1) is 16.3. The van der Waals surface area contributed by atoms with E-state index in [1.807, 2.05) is 0 Å². The van der Waals surface area contributed by atoms with Crippen molar-refractivity contribution in [2.24, 2.45) is 23.2 Å². The van der Waals surface area contributed by atoms with Crippen LogP contribution in [0.25, 0.3) is 0 Å². The first kappa shape index (κ1) is 28.8. The molecule has 204 valence electrons. The van der Waals surface area contributed by atoms with Crippen LogP contribution in [0, 0.1) is 23.2 Å². The number of benzene rings is 1. The first-order valence-electron chi connectivity index (χ1n) is 11.8. The van der Waals surface area contributed by atoms with Crippen molar-refractivity contribution in [2.75, 3.05) is 21.1 Å². The second-order valence-electron chi connectivity index (χ2n) is 11.5. The summed E-state index contributed by atoms with van der Waals surface area (Å²) >= 11 is 0. The maximum Gasteiger partial charge on any atom is 0.432 e. The van der Waals surface area contributed by atoms with Gasteiger partial charge in [-0.25, -0.2) is 8.42 Å². The largest absolute Gasteiger partial charge is 0.743 e. The summed E-state index contributed by atoms with van der Waals surface area (Å²) in [7, 11) is -0.0628. The number of ether oxygens (including phenoxy) is 1. The quantitative estimate of drug-likeness (QED) is 0.226. The Morgan fingerprint density at radius 1 is 1.00 bits per heavy atom. The molecule has 0 radical (unpaired) electrons. The second kappa shape index (κ2) is 9.83. The van der Waals surface area contributed by atoms with Gasteiger partial charge in [0.15, 0.2) is 10.1 Å². The minimum absolute atomic E-state index is 0.131. The van der Waals surface area contributed by atoms with E-state index in [1.54, 1.807) is 0 Å². The fourth-order valence-electron chi connectivity index (χ4n) is 6.18. The number of hydrogen-bond acceptors (Lipinski definition) is 5. The number of alkyl halides is 5. The maximum absolute atomic E-state index is 13.5. The molecule has 5 rings (SSSR count). The zero-order chi connectivity index (χ0) is 27.2. The van der Waals surface area contributed by atoms with Gasteiger partial charge in [0.25, 0.3) is 6.10 Å². The number of carbonyl (C=O) groups is 1. The Bertz CT molecular complexity index is 1000. The summed E-state index contributed by atoms with van der Waals surface area (Å²) in [6.45, 7) is 1.10. The molecule has 36 heavy (non-hydrogen) atoms. The van der Waals surface area contributed by atoms with Crippen molar-refractivity contribution in [3.63, 3.8) is 0 Å². The van der Waals surface area contributed by atoms with Crippen LogP contribution in [0.3, 0.4) is 0 Å². The fraction of sp³-hybridized carbons (Fsp3) is 0.708. The molecule has 0 aromatic heterocycles. The molecule has 0 aliphatic heterocycles. The highest BCUT2D eigenvalue weighted by Crippen LogP contribution is 2.60. The van der Waals surface area contributed by atoms with Gasteiger partial charge in [0.05, 0.1) is 26.6 Å². The van der Waals surface area contributed by atoms with Crippen molar-refractivity contribution >= 4 is 16.1 Å². The Hall–Kier alpha value is -1.79. The van der Waals surface area contributed by atoms with E-state index in [1.165, 1.54) is 5.56 Å². The number of nitrogens with zero attached hydrogens (tertiary/aromatic N) is 1. The van der Waals surface area contributed by atoms with Crippen LogP contribution in [-0.4, -0.2) is 62.1 Å². The number of esters is 1. The summed E-state index contributed by atoms with van der Waals surface area (Å²) in [5.74, 6) is -1.08. The van der Waals surface area contributed by atoms with Gasteiger partial charge in [-0.3, -0.25) is 4.79 Å². The Morgan fingerprint density at radius 3 is 1.81 bits per heavy atom. The van der Waals surface area contributed by atoms with Crippen molar-refractivity contribution in [1.82, 2.24) is 0 Å². The Kier molecular flexibility index (Phi) is 7.86. The summed E-state index contributed by atoms with van der Waals surface area (Å²) < 4.78 is 103. The molecule has 12 heteroatoms. The smallest absolute Gasteiger partial charge is 0.432 e. The molecular weight excluding hydrogens is 509 g/mol. The molecule has 1 aromatic carbocycles. The molecule has 0 heterocycles. The average molecular weight is 542 g/mol. The van der Waals surface area contributed by atoms with E-state index in [4.69, 9.17) is 0 Å². The zero-order valence-electron chi connectivity index (χ0n) is 20.4. The Balaban J connectivity index is 0.000000275. The van der Waals surface area contributed by atoms with Crippen LogP contribution in [0.2, 0.25) is 0 Å². The van der Waals surface area contributed by atoms with Gasteiger partial charge in [0.1, 0.15) is 6.54 Å². The van der Waals surface area contributed by atoms with Crippen molar-refractivity contribution in [3.05, 3.63) is 35.9 Å². The van der Waals surface area contributed by atoms with Crippen LogP contribution in [-0.2, 0) is 26.2 Å². The third-order valence-electron chi connectivity index (χ3n) is 7.13. The van der Waals surface area contributed by atoms with E-state index in [0.717, 1.165) is 30.3 Å². The molecule has 0 spiro atoms. The molecule has 0 amide bonds. The van der Waals surface area contributed by atoms with Gasteiger partial charge in [-0.15, -0.1) is 0 Å². The predicted molar refractivity (Wildman–Crippen MR) is 119 cm³/mol. The minimum atomic E-state index is -6.67. The molecule has 4 aliphatic carbocycles. The SMILES string of the molecule is C[N+](C)(C)Cc1ccccc1.O=C(OC(C(F)(F)F)C(F)(F)S(=O)(=O)[O-])C12CC3CC(CC(C3)C1)C2. The molecule has 0 saturated heterocycles. The third-order valence-corrected chi connectivity index (χ3v) is 8.01. The summed E-state index contributed by atoms with van der Waals surface area (Å²) in [6.07, 6.45) is -6.91. The summed E-state index contributed by atoms with van der Waals surface area (Å²) in [5.41, 5.74) is 0.112. The highest BCUT2D eigenvalue weighted by molar-refractivity contribution is 7.86. The Labute approximate surface area is 208 Å². The number of hydrogen-bond donors (Lipinski definition) is 0. The van der Waals surface area contributed by atoms with E-state index in [2.05, 4.69) is 56.2 Å². The highest BCUT2D eigenvalue weighted by atomic mass is 32.2. The van der Waals surface area contributed by atoms with Gasteiger partial charge < -0.3 is 13.8 Å². The van der Waals surface area contributed by atoms with Crippen molar-refractivity contribution in [2.45, 2.75) is 62.6 Å². The monoisotopic (exact) mass is 541 g/mol. The summed E-state index contributed by atoms with van der Waals surface area (Å²) in [6, 6.07) is 10.6. The van der Waals surface area contributed by atoms with Crippen LogP contribution in [0.5, 0.6) is 0 Å². The molecule has 1 unspecified atom stereocenters. The van der Waals surface area contributed by atoms with E-state index in [0.29, 0.717) is 0 Å². The van der Waals surface area contributed by atoms with Gasteiger partial charge in [0, 0.05) is 5.56 Å². The summed E-state index contributed by atoms with van der Waals surface area (Å²) in [4.78, 5) is 12.4. The van der Waals surface area contributed by atoms with Crippen molar-refractivity contribution < 1.29 is 48.9 Å². The van der Waals surface area contributed by atoms with E-state index >= 15 is 0 Å². The molecule has 6 nitrogen and oxygen atoms in total. The average Bonchev–Trinajstić information content (AvgIpc) is 2.69. The van der Waals surface area contributed by atoms with Crippen LogP contribution in [0.4, 0.5) is 22.0 Å². The topological polar surface area (TPSA) is 83.5 Å². The van der Waals surface area contributed by atoms with Gasteiger partial charge in [0.2, 0.25) is 0 Å². The number of rotatable bonds is 6. The van der Waals surface area contributed by atoms with E-state index < -0.39 is 39.0 Å². The molecule has 1 aromatic rings. The highest BCUT2D eigenvalue weighted by Gasteiger charge is 2.65. The molecular formula is C24H32F5NO5S. The van der Waals surface area contributed by atoms with E-state index in [-0.39, 0.29) is 37.0 Å². The number of halogens is 5. The zero-order valence-corrected chi connectivity index (χ0v) is 21.2. The number of carbonyl (C=O) groups excluding carboxylic acids is 1. The second-order valence-corrected chi connectivity index (χ2v) is 12.9. The first-order valence-corrected chi connectivity index (χ1v) is 13.2. The maximum atomic E-state index is 13.5. The van der Waals surface area contributed by atoms with Crippen LogP contribution >= 0.6 is 0 Å². The molecule has 4 saturated carbocycles. The van der Waals surface area contributed by atoms with Gasteiger partial charge in [-0.2, -0.15) is 22.0 Å². The fourth-order valence-corrected chi connectivity index (χ4v) is 6.62. The number of quaternary nitrogens is 1. The lowest BCUT2D eigenvalue weighted by Crippen LogP contribution is -2.56. The Morgan fingerprint density at radius 2 is 1.44 bits per heavy atom. The minimum Gasteiger partial charge on any atom is -0.743 e. The third kappa shape index (κ3) is 6.55. The molecule has 0 N–H and O–H groups in total. The molecule has 1 atom stereocenters. The lowest BCUT2D eigenvalue weighted by Gasteiger charge is -2.55. The predicted octanol–water partition coefficient (Wildman–Crippen LogP) is 4.71. The van der Waals surface area contributed by atoms with Gasteiger partial charge >= 0.3 is 17.4 Å². The summed E-state index contributed by atoms with van der Waals surface area (Å²) in [5, 5.41) is -5.79. The van der Waals surface area contributed by atoms with Gasteiger partial charge in [-0.05, 0) is 56.3 Å². The lowest BCUT2D eigenvalue weighted by molar-refractivity contribution is -0.884.